The van der Waals surface area contributed by atoms with E-state index < -0.39 is 10.0 Å². The lowest BCUT2D eigenvalue weighted by atomic mass is 10.0. The number of alkyl halides is 1. The number of hydrogen-bond donors (Lipinski definition) is 0. The van der Waals surface area contributed by atoms with Crippen molar-refractivity contribution in [2.75, 3.05) is 0 Å². The molecule has 5 heteroatoms. The van der Waals surface area contributed by atoms with E-state index in [1.165, 1.54) is 0 Å². The minimum Gasteiger partial charge on any atom is -0.199 e. The molecular formula is C11H12ClNO2S. The first-order valence-electron chi connectivity index (χ1n) is 5.12. The molecule has 3 nitrogen and oxygen atoms in total. The monoisotopic (exact) mass is 257 g/mol. The third-order valence-electron chi connectivity index (χ3n) is 2.56. The lowest BCUT2D eigenvalue weighted by molar-refractivity contribution is 0.599. The Balaban J connectivity index is 2.43. The second-order valence-corrected chi connectivity index (χ2v) is 5.91. The van der Waals surface area contributed by atoms with Crippen molar-refractivity contribution in [3.05, 3.63) is 29.8 Å². The Labute approximate surface area is 100 Å². The van der Waals surface area contributed by atoms with Gasteiger partial charge < -0.3 is 0 Å². The standard InChI is InChI=1S/C11H12ClNO2S/c1-2-8(12)7-10-9-5-3-4-6-11(9)16(14,15)13-10/h3-6,8H,2,7H2,1H3. The van der Waals surface area contributed by atoms with Gasteiger partial charge in [-0.1, -0.05) is 25.1 Å². The van der Waals surface area contributed by atoms with Crippen LogP contribution in [0.1, 0.15) is 25.3 Å². The van der Waals surface area contributed by atoms with Crippen LogP contribution in [0.15, 0.2) is 33.6 Å². The molecule has 1 heterocycles. The lowest BCUT2D eigenvalue weighted by Crippen LogP contribution is -2.06. The van der Waals surface area contributed by atoms with Gasteiger partial charge in [0.2, 0.25) is 0 Å². The molecule has 1 aromatic rings. The Morgan fingerprint density at radius 1 is 1.38 bits per heavy atom. The normalized spacial score (nSPS) is 19.0. The van der Waals surface area contributed by atoms with E-state index in [0.717, 1.165) is 6.42 Å². The zero-order valence-electron chi connectivity index (χ0n) is 8.85. The van der Waals surface area contributed by atoms with Crippen molar-refractivity contribution >= 4 is 27.3 Å². The average Bonchev–Trinajstić information content (AvgIpc) is 2.51. The first-order valence-corrected chi connectivity index (χ1v) is 6.99. The summed E-state index contributed by atoms with van der Waals surface area (Å²) >= 11 is 6.03. The Hall–Kier alpha value is -0.870. The van der Waals surface area contributed by atoms with Crippen molar-refractivity contribution in [1.82, 2.24) is 0 Å². The zero-order chi connectivity index (χ0) is 11.8. The third-order valence-corrected chi connectivity index (χ3v) is 4.40. The maximum Gasteiger partial charge on any atom is 0.283 e. The molecule has 1 atom stereocenters. The molecule has 0 aliphatic carbocycles. The van der Waals surface area contributed by atoms with Gasteiger partial charge in [-0.2, -0.15) is 12.8 Å². The first kappa shape index (κ1) is 11.6. The molecule has 0 radical (unpaired) electrons. The van der Waals surface area contributed by atoms with Gasteiger partial charge in [0.15, 0.2) is 0 Å². The molecule has 0 spiro atoms. The fraction of sp³-hybridized carbons (Fsp3) is 0.364. The fourth-order valence-electron chi connectivity index (χ4n) is 1.67. The highest BCUT2D eigenvalue weighted by molar-refractivity contribution is 7.90. The molecule has 0 aromatic heterocycles. The van der Waals surface area contributed by atoms with Gasteiger partial charge in [-0.15, -0.1) is 11.6 Å². The van der Waals surface area contributed by atoms with Crippen molar-refractivity contribution in [2.45, 2.75) is 30.0 Å². The van der Waals surface area contributed by atoms with Crippen LogP contribution in [0.5, 0.6) is 0 Å². The van der Waals surface area contributed by atoms with E-state index in [1.807, 2.05) is 13.0 Å². The quantitative estimate of drug-likeness (QED) is 0.782. The molecule has 86 valence electrons. The SMILES string of the molecule is CCC(Cl)CC1=NS(=O)(=O)c2ccccc21. The van der Waals surface area contributed by atoms with Crippen LogP contribution < -0.4 is 0 Å². The summed E-state index contributed by atoms with van der Waals surface area (Å²) in [5.41, 5.74) is 1.28. The van der Waals surface area contributed by atoms with Gasteiger partial charge in [0, 0.05) is 17.4 Å². The van der Waals surface area contributed by atoms with E-state index in [2.05, 4.69) is 4.40 Å². The molecular weight excluding hydrogens is 246 g/mol. The Kier molecular flexibility index (Phi) is 3.04. The molecule has 16 heavy (non-hydrogen) atoms. The van der Waals surface area contributed by atoms with Crippen LogP contribution in [0.3, 0.4) is 0 Å². The van der Waals surface area contributed by atoms with Crippen molar-refractivity contribution in [2.24, 2.45) is 4.40 Å². The Bertz CT molecular complexity index is 537. The molecule has 2 rings (SSSR count). The predicted molar refractivity (Wildman–Crippen MR) is 64.7 cm³/mol. The molecule has 0 bridgehead atoms. The zero-order valence-corrected chi connectivity index (χ0v) is 10.4. The maximum absolute atomic E-state index is 11.7. The molecule has 0 amide bonds. The van der Waals surface area contributed by atoms with Crippen LogP contribution in [-0.4, -0.2) is 19.5 Å². The van der Waals surface area contributed by atoms with Crippen molar-refractivity contribution in [3.8, 4) is 0 Å². The van der Waals surface area contributed by atoms with Gasteiger partial charge in [-0.3, -0.25) is 0 Å². The maximum atomic E-state index is 11.7. The van der Waals surface area contributed by atoms with Crippen LogP contribution in [0.25, 0.3) is 0 Å². The number of rotatable bonds is 3. The third kappa shape index (κ3) is 1.99. The highest BCUT2D eigenvalue weighted by Crippen LogP contribution is 2.28. The summed E-state index contributed by atoms with van der Waals surface area (Å²) in [5.74, 6) is 0. The van der Waals surface area contributed by atoms with Gasteiger partial charge in [0.05, 0.1) is 10.6 Å². The molecule has 1 aliphatic rings. The van der Waals surface area contributed by atoms with Crippen LogP contribution >= 0.6 is 11.6 Å². The van der Waals surface area contributed by atoms with E-state index in [-0.39, 0.29) is 5.38 Å². The lowest BCUT2D eigenvalue weighted by Gasteiger charge is -2.05. The number of sulfonamides is 1. The molecule has 0 N–H and O–H groups in total. The summed E-state index contributed by atoms with van der Waals surface area (Å²) in [5, 5.41) is -0.0693. The number of halogens is 1. The highest BCUT2D eigenvalue weighted by atomic mass is 35.5. The second kappa shape index (κ2) is 4.18. The van der Waals surface area contributed by atoms with Gasteiger partial charge in [0.1, 0.15) is 0 Å². The minimum atomic E-state index is -3.48. The number of hydrogen-bond acceptors (Lipinski definition) is 2. The Morgan fingerprint density at radius 3 is 2.75 bits per heavy atom. The van der Waals surface area contributed by atoms with E-state index in [4.69, 9.17) is 11.6 Å². The molecule has 0 saturated carbocycles. The van der Waals surface area contributed by atoms with E-state index in [1.54, 1.807) is 18.2 Å². The summed E-state index contributed by atoms with van der Waals surface area (Å²) in [6.07, 6.45) is 1.29. The summed E-state index contributed by atoms with van der Waals surface area (Å²) in [4.78, 5) is 0.296. The molecule has 0 fully saturated rings. The van der Waals surface area contributed by atoms with Gasteiger partial charge in [-0.05, 0) is 12.5 Å². The Morgan fingerprint density at radius 2 is 2.06 bits per heavy atom. The smallest absolute Gasteiger partial charge is 0.199 e. The largest absolute Gasteiger partial charge is 0.283 e. The summed E-state index contributed by atoms with van der Waals surface area (Å²) < 4.78 is 27.2. The topological polar surface area (TPSA) is 46.5 Å². The van der Waals surface area contributed by atoms with E-state index in [0.29, 0.717) is 22.6 Å². The van der Waals surface area contributed by atoms with Crippen LogP contribution in [0, 0.1) is 0 Å². The summed E-state index contributed by atoms with van der Waals surface area (Å²) in [6, 6.07) is 6.87. The molecule has 1 aliphatic heterocycles. The number of benzene rings is 1. The molecule has 1 aromatic carbocycles. The molecule has 0 saturated heterocycles. The first-order chi connectivity index (χ1) is 7.54. The highest BCUT2D eigenvalue weighted by Gasteiger charge is 2.28. The predicted octanol–water partition coefficient (Wildman–Crippen LogP) is 2.59. The summed E-state index contributed by atoms with van der Waals surface area (Å²) in [7, 11) is -3.48. The number of nitrogens with zero attached hydrogens (tertiary/aromatic N) is 1. The van der Waals surface area contributed by atoms with Crippen LogP contribution in [0.2, 0.25) is 0 Å². The minimum absolute atomic E-state index is 0.0693. The van der Waals surface area contributed by atoms with Gasteiger partial charge >= 0.3 is 0 Å². The van der Waals surface area contributed by atoms with E-state index >= 15 is 0 Å². The molecule has 1 unspecified atom stereocenters. The summed E-state index contributed by atoms with van der Waals surface area (Å²) in [6.45, 7) is 1.97. The second-order valence-electron chi connectivity index (χ2n) is 3.72. The fourth-order valence-corrected chi connectivity index (χ4v) is 3.10. The average molecular weight is 258 g/mol. The van der Waals surface area contributed by atoms with Crippen LogP contribution in [-0.2, 0) is 10.0 Å². The van der Waals surface area contributed by atoms with Crippen LogP contribution in [0.4, 0.5) is 0 Å². The van der Waals surface area contributed by atoms with Crippen molar-refractivity contribution in [3.63, 3.8) is 0 Å². The van der Waals surface area contributed by atoms with E-state index in [9.17, 15) is 8.42 Å². The van der Waals surface area contributed by atoms with Gasteiger partial charge in [-0.25, -0.2) is 0 Å². The van der Waals surface area contributed by atoms with Crippen molar-refractivity contribution < 1.29 is 8.42 Å². The van der Waals surface area contributed by atoms with Crippen molar-refractivity contribution in [1.29, 1.82) is 0 Å². The van der Waals surface area contributed by atoms with Gasteiger partial charge in [0.25, 0.3) is 10.0 Å². The number of fused-ring (bicyclic) bond motifs is 1.